The molecule has 0 aliphatic carbocycles. The number of hydrogen-bond donors (Lipinski definition) is 2. The quantitative estimate of drug-likeness (QED) is 0.779. The molecule has 24 heavy (non-hydrogen) atoms. The number of β-amino-alcohol motifs (C(OH)–C–C–N with tert-alkyl or cyclic N) is 1. The van der Waals surface area contributed by atoms with Crippen LogP contribution in [0, 0.1) is 0 Å². The first-order valence-corrected chi connectivity index (χ1v) is 8.39. The summed E-state index contributed by atoms with van der Waals surface area (Å²) in [7, 11) is 0. The highest BCUT2D eigenvalue weighted by Gasteiger charge is 2.31. The zero-order valence-electron chi connectivity index (χ0n) is 13.5. The molecular formula is C20H21N3O. The average molecular weight is 319 g/mol. The monoisotopic (exact) mass is 319 g/mol. The van der Waals surface area contributed by atoms with Gasteiger partial charge in [0.05, 0.1) is 11.7 Å². The third kappa shape index (κ3) is 2.86. The maximum Gasteiger partial charge on any atom is 0.102 e. The lowest BCUT2D eigenvalue weighted by Crippen LogP contribution is -2.43. The number of benzene rings is 2. The molecule has 1 aromatic heterocycles. The zero-order chi connectivity index (χ0) is 16.4. The molecular weight excluding hydrogens is 298 g/mol. The Kier molecular flexibility index (Phi) is 3.92. The maximum absolute atomic E-state index is 10.9. The van der Waals surface area contributed by atoms with E-state index in [-0.39, 0.29) is 0 Å². The molecule has 122 valence electrons. The van der Waals surface area contributed by atoms with Crippen LogP contribution in [0.2, 0.25) is 0 Å². The molecule has 4 nitrogen and oxygen atoms in total. The molecule has 0 radical (unpaired) electrons. The number of piperidine rings is 1. The van der Waals surface area contributed by atoms with Gasteiger partial charge in [0.2, 0.25) is 0 Å². The minimum atomic E-state index is -0.769. The zero-order valence-corrected chi connectivity index (χ0v) is 13.5. The minimum Gasteiger partial charge on any atom is -0.384 e. The Morgan fingerprint density at radius 2 is 2.04 bits per heavy atom. The summed E-state index contributed by atoms with van der Waals surface area (Å²) < 4.78 is 1.87. The number of rotatable bonds is 3. The van der Waals surface area contributed by atoms with Gasteiger partial charge in [0.15, 0.2) is 0 Å². The van der Waals surface area contributed by atoms with Crippen molar-refractivity contribution in [3.63, 3.8) is 0 Å². The van der Waals surface area contributed by atoms with Gasteiger partial charge in [-0.15, -0.1) is 0 Å². The van der Waals surface area contributed by atoms with E-state index in [1.165, 1.54) is 0 Å². The Labute approximate surface area is 141 Å². The van der Waals surface area contributed by atoms with Crippen LogP contribution >= 0.6 is 0 Å². The number of hydrogen-bond acceptors (Lipinski definition) is 3. The molecule has 3 aromatic rings. The van der Waals surface area contributed by atoms with Crippen LogP contribution in [0.3, 0.4) is 0 Å². The number of aliphatic hydroxyl groups is 1. The van der Waals surface area contributed by atoms with E-state index in [0.717, 1.165) is 41.4 Å². The summed E-state index contributed by atoms with van der Waals surface area (Å²) in [6, 6.07) is 16.3. The Morgan fingerprint density at radius 1 is 1.17 bits per heavy atom. The lowest BCUT2D eigenvalue weighted by Gasteiger charge is -2.33. The molecule has 1 unspecified atom stereocenters. The normalized spacial score (nSPS) is 21.5. The van der Waals surface area contributed by atoms with Gasteiger partial charge in [0.1, 0.15) is 5.60 Å². The summed E-state index contributed by atoms with van der Waals surface area (Å²) in [5.41, 5.74) is 2.38. The van der Waals surface area contributed by atoms with E-state index in [1.807, 2.05) is 53.5 Å². The van der Waals surface area contributed by atoms with Crippen LogP contribution in [-0.2, 0) is 5.60 Å². The van der Waals surface area contributed by atoms with Gasteiger partial charge in [0, 0.05) is 18.1 Å². The highest BCUT2D eigenvalue weighted by atomic mass is 16.3. The Balaban J connectivity index is 1.65. The standard InChI is InChI=1S/C20H21N3O/c24-20(10-4-11-21-15-20)18-7-8-19-17(13-18)14-22-23(19)12-9-16-5-2-1-3-6-16/h1-3,5-9,12-14,21,24H,4,10-11,15H2/b12-9+. The van der Waals surface area contributed by atoms with Crippen molar-refractivity contribution in [3.05, 3.63) is 65.9 Å². The molecule has 1 aliphatic rings. The second-order valence-corrected chi connectivity index (χ2v) is 6.40. The third-order valence-electron chi connectivity index (χ3n) is 4.70. The van der Waals surface area contributed by atoms with E-state index in [4.69, 9.17) is 0 Å². The molecule has 2 N–H and O–H groups in total. The first kappa shape index (κ1) is 15.1. The van der Waals surface area contributed by atoms with Gasteiger partial charge in [-0.25, -0.2) is 4.68 Å². The highest BCUT2D eigenvalue weighted by molar-refractivity contribution is 5.82. The summed E-state index contributed by atoms with van der Waals surface area (Å²) in [6.45, 7) is 1.59. The topological polar surface area (TPSA) is 50.1 Å². The molecule has 1 saturated heterocycles. The fourth-order valence-electron chi connectivity index (χ4n) is 3.32. The van der Waals surface area contributed by atoms with Crippen molar-refractivity contribution in [2.75, 3.05) is 13.1 Å². The molecule has 1 aliphatic heterocycles. The fraction of sp³-hybridized carbons (Fsp3) is 0.250. The van der Waals surface area contributed by atoms with Crippen molar-refractivity contribution in [2.45, 2.75) is 18.4 Å². The second-order valence-electron chi connectivity index (χ2n) is 6.40. The summed E-state index contributed by atoms with van der Waals surface area (Å²) in [5.74, 6) is 0. The lowest BCUT2D eigenvalue weighted by atomic mass is 9.86. The van der Waals surface area contributed by atoms with Gasteiger partial charge >= 0.3 is 0 Å². The number of aromatic nitrogens is 2. The molecule has 0 spiro atoms. The average Bonchev–Trinajstić information content (AvgIpc) is 3.04. The number of nitrogens with zero attached hydrogens (tertiary/aromatic N) is 2. The molecule has 0 bridgehead atoms. The maximum atomic E-state index is 10.9. The third-order valence-corrected chi connectivity index (χ3v) is 4.70. The minimum absolute atomic E-state index is 0.612. The van der Waals surface area contributed by atoms with Crippen LogP contribution in [0.4, 0.5) is 0 Å². The van der Waals surface area contributed by atoms with Gasteiger partial charge in [-0.3, -0.25) is 0 Å². The predicted molar refractivity (Wildman–Crippen MR) is 97.4 cm³/mol. The van der Waals surface area contributed by atoms with E-state index >= 15 is 0 Å². The van der Waals surface area contributed by atoms with Gasteiger partial charge in [-0.1, -0.05) is 36.4 Å². The summed E-state index contributed by atoms with van der Waals surface area (Å²) in [4.78, 5) is 0. The van der Waals surface area contributed by atoms with E-state index in [0.29, 0.717) is 6.54 Å². The molecule has 2 aromatic carbocycles. The first-order chi connectivity index (χ1) is 11.7. The van der Waals surface area contributed by atoms with Crippen LogP contribution in [0.1, 0.15) is 24.0 Å². The number of nitrogens with one attached hydrogen (secondary N) is 1. The molecule has 0 amide bonds. The summed E-state index contributed by atoms with van der Waals surface area (Å²) in [5, 5.41) is 19.6. The molecule has 4 heteroatoms. The Bertz CT molecular complexity index is 861. The lowest BCUT2D eigenvalue weighted by molar-refractivity contribution is 0.0124. The molecule has 2 heterocycles. The smallest absolute Gasteiger partial charge is 0.102 e. The van der Waals surface area contributed by atoms with Gasteiger partial charge < -0.3 is 10.4 Å². The van der Waals surface area contributed by atoms with Crippen molar-refractivity contribution in [1.82, 2.24) is 15.1 Å². The van der Waals surface area contributed by atoms with E-state index in [2.05, 4.69) is 28.6 Å². The molecule has 0 saturated carbocycles. The molecule has 4 rings (SSSR count). The van der Waals surface area contributed by atoms with Crippen LogP contribution < -0.4 is 5.32 Å². The largest absolute Gasteiger partial charge is 0.384 e. The first-order valence-electron chi connectivity index (χ1n) is 8.39. The van der Waals surface area contributed by atoms with Crippen molar-refractivity contribution in [2.24, 2.45) is 0 Å². The van der Waals surface area contributed by atoms with Crippen LogP contribution in [0.15, 0.2) is 54.7 Å². The van der Waals surface area contributed by atoms with Crippen molar-refractivity contribution in [3.8, 4) is 0 Å². The predicted octanol–water partition coefficient (Wildman–Crippen LogP) is 3.24. The molecule has 1 fully saturated rings. The van der Waals surface area contributed by atoms with Gasteiger partial charge in [0.25, 0.3) is 0 Å². The fourth-order valence-corrected chi connectivity index (χ4v) is 3.32. The van der Waals surface area contributed by atoms with Gasteiger partial charge in [-0.2, -0.15) is 5.10 Å². The Hall–Kier alpha value is -2.43. The van der Waals surface area contributed by atoms with E-state index < -0.39 is 5.60 Å². The number of fused-ring (bicyclic) bond motifs is 1. The van der Waals surface area contributed by atoms with Crippen LogP contribution in [0.5, 0.6) is 0 Å². The van der Waals surface area contributed by atoms with Crippen molar-refractivity contribution in [1.29, 1.82) is 0 Å². The SMILES string of the molecule is OC1(c2ccc3c(cnn3/C=C/c3ccccc3)c2)CCCNC1. The van der Waals surface area contributed by atoms with E-state index in [9.17, 15) is 5.11 Å². The second kappa shape index (κ2) is 6.23. The molecule has 1 atom stereocenters. The van der Waals surface area contributed by atoms with Gasteiger partial charge in [-0.05, 0) is 48.7 Å². The van der Waals surface area contributed by atoms with E-state index in [1.54, 1.807) is 0 Å². The summed E-state index contributed by atoms with van der Waals surface area (Å²) in [6.07, 6.45) is 7.65. The van der Waals surface area contributed by atoms with Crippen LogP contribution in [-0.4, -0.2) is 28.0 Å². The summed E-state index contributed by atoms with van der Waals surface area (Å²) >= 11 is 0. The van der Waals surface area contributed by atoms with Crippen LogP contribution in [0.25, 0.3) is 23.2 Å². The van der Waals surface area contributed by atoms with Crippen molar-refractivity contribution < 1.29 is 5.11 Å². The Morgan fingerprint density at radius 3 is 2.83 bits per heavy atom. The van der Waals surface area contributed by atoms with Crippen molar-refractivity contribution >= 4 is 23.2 Å². The highest BCUT2D eigenvalue weighted by Crippen LogP contribution is 2.30.